The van der Waals surface area contributed by atoms with Gasteiger partial charge in [0.25, 0.3) is 5.91 Å². The van der Waals surface area contributed by atoms with Crippen LogP contribution in [-0.4, -0.2) is 74.8 Å². The summed E-state index contributed by atoms with van der Waals surface area (Å²) in [6.07, 6.45) is 3.45. The maximum atomic E-state index is 12.0. The van der Waals surface area contributed by atoms with E-state index in [2.05, 4.69) is 43.3 Å². The van der Waals surface area contributed by atoms with E-state index in [1.807, 2.05) is 69.3 Å². The Hall–Kier alpha value is -7.13. The van der Waals surface area contributed by atoms with Gasteiger partial charge in [-0.2, -0.15) is 0 Å². The normalized spacial score (nSPS) is 10.1. The Morgan fingerprint density at radius 2 is 1.19 bits per heavy atom. The van der Waals surface area contributed by atoms with E-state index in [1.54, 1.807) is 60.7 Å². The highest BCUT2D eigenvalue weighted by Gasteiger charge is 2.06. The Morgan fingerprint density at radius 1 is 0.684 bits per heavy atom. The van der Waals surface area contributed by atoms with Gasteiger partial charge in [0.1, 0.15) is 29.9 Å². The minimum absolute atomic E-state index is 0.0584. The molecule has 0 unspecified atom stereocenters. The van der Waals surface area contributed by atoms with Crippen molar-refractivity contribution < 1.29 is 24.5 Å². The maximum Gasteiger partial charge on any atom is 0.262 e. The molecule has 294 valence electrons. The number of halogens is 1. The van der Waals surface area contributed by atoms with E-state index in [0.29, 0.717) is 17.9 Å². The fourth-order valence-corrected chi connectivity index (χ4v) is 4.78. The summed E-state index contributed by atoms with van der Waals surface area (Å²) in [5.41, 5.74) is 14.2. The molecule has 0 atom stereocenters. The topological polar surface area (TPSA) is 209 Å². The van der Waals surface area contributed by atoms with Crippen LogP contribution in [0.1, 0.15) is 27.8 Å². The summed E-state index contributed by atoms with van der Waals surface area (Å²) < 4.78 is 8.54. The molecule has 16 heteroatoms. The Balaban J connectivity index is 0.000000184. The van der Waals surface area contributed by atoms with Crippen molar-refractivity contribution in [1.82, 2.24) is 40.4 Å². The summed E-state index contributed by atoms with van der Waals surface area (Å²) in [4.78, 5) is 23.0. The number of phenols is 2. The second kappa shape index (κ2) is 21.7. The van der Waals surface area contributed by atoms with Crippen molar-refractivity contribution >= 4 is 34.7 Å². The maximum absolute atomic E-state index is 12.0. The first-order chi connectivity index (χ1) is 27.4. The zero-order valence-corrected chi connectivity index (χ0v) is 32.6. The van der Waals surface area contributed by atoms with Crippen LogP contribution in [0.4, 0.5) is 11.4 Å². The number of aromatic nitrogens is 8. The van der Waals surface area contributed by atoms with Crippen LogP contribution in [0.15, 0.2) is 122 Å². The number of rotatable bonds is 9. The lowest BCUT2D eigenvalue weighted by Gasteiger charge is -2.09. The largest absolute Gasteiger partial charge is 0.508 e. The monoisotopic (exact) mass is 790 g/mol. The molecule has 0 spiro atoms. The predicted octanol–water partition coefficient (Wildman–Crippen LogP) is 6.29. The number of phenolic OH excluding ortho intramolecular Hbond substituents is 2. The molecule has 2 heterocycles. The van der Waals surface area contributed by atoms with Crippen molar-refractivity contribution in [2.45, 2.75) is 34.1 Å². The molecule has 7 rings (SSSR count). The second-order valence-electron chi connectivity index (χ2n) is 12.5. The number of amides is 1. The number of carbonyl (C=O) groups excluding carboxylic acids is 2. The zero-order valence-electron chi connectivity index (χ0n) is 31.8. The van der Waals surface area contributed by atoms with E-state index in [-0.39, 0.29) is 35.7 Å². The van der Waals surface area contributed by atoms with E-state index < -0.39 is 0 Å². The number of aromatic hydroxyl groups is 2. The molecule has 1 amide bonds. The number of ether oxygens (including phenoxy) is 1. The smallest absolute Gasteiger partial charge is 0.262 e. The number of tetrazole rings is 2. The highest BCUT2D eigenvalue weighted by atomic mass is 35.5. The first-order valence-corrected chi connectivity index (χ1v) is 18.0. The Kier molecular flexibility index (Phi) is 16.2. The molecule has 0 aliphatic carbocycles. The van der Waals surface area contributed by atoms with Gasteiger partial charge in [0.15, 0.2) is 12.4 Å². The van der Waals surface area contributed by atoms with Crippen molar-refractivity contribution in [2.24, 2.45) is 0 Å². The standard InChI is InChI=1S/C17H17N5O2.C11H13ClO.C7H6N4O.C6H7NO/c1-12-3-4-14(9-13(12)2)19-17(23)10-24-16-7-5-15(6-8-16)22-11-18-20-21-22;1-8-3-4-10(5-9(8)2)6-11(13)7-12;12-7-3-1-6(2-4-7)11-5-8-9-10-11;7-5-1-3-6(8)4-2-5/h3-9,11H,10H2,1-2H3,(H,19,23);3-5H,6-7H2,1-2H3;1-5,12H;1-4,8H,7H2. The number of nitrogens with zero attached hydrogens (tertiary/aromatic N) is 8. The summed E-state index contributed by atoms with van der Waals surface area (Å²) in [7, 11) is 0. The third-order valence-electron chi connectivity index (χ3n) is 8.09. The third-order valence-corrected chi connectivity index (χ3v) is 8.39. The van der Waals surface area contributed by atoms with Crippen molar-refractivity contribution in [3.8, 4) is 28.6 Å². The molecular formula is C41H43ClN10O5. The van der Waals surface area contributed by atoms with E-state index in [9.17, 15) is 9.59 Å². The molecule has 2 aromatic heterocycles. The summed E-state index contributed by atoms with van der Waals surface area (Å²) in [6, 6.07) is 32.0. The first kappa shape index (κ1) is 42.6. The fraction of sp³-hybridized carbons (Fsp3) is 0.171. The molecule has 0 aliphatic heterocycles. The van der Waals surface area contributed by atoms with Crippen molar-refractivity contribution in [1.29, 1.82) is 0 Å². The number of nitrogens with two attached hydrogens (primary N) is 1. The third kappa shape index (κ3) is 14.6. The molecule has 0 bridgehead atoms. The highest BCUT2D eigenvalue weighted by molar-refractivity contribution is 6.27. The van der Waals surface area contributed by atoms with Crippen LogP contribution in [0.2, 0.25) is 0 Å². The number of alkyl halides is 1. The number of aryl methyl sites for hydroxylation is 4. The van der Waals surface area contributed by atoms with Gasteiger partial charge in [-0.3, -0.25) is 9.59 Å². The van der Waals surface area contributed by atoms with Gasteiger partial charge in [-0.15, -0.1) is 21.8 Å². The number of nitrogen functional groups attached to an aromatic ring is 1. The van der Waals surface area contributed by atoms with Gasteiger partial charge in [0.05, 0.1) is 17.3 Å². The fourth-order valence-electron chi connectivity index (χ4n) is 4.69. The average Bonchev–Trinajstić information content (AvgIpc) is 3.96. The molecule has 57 heavy (non-hydrogen) atoms. The van der Waals surface area contributed by atoms with Crippen molar-refractivity contribution in [3.63, 3.8) is 0 Å². The van der Waals surface area contributed by atoms with Gasteiger partial charge in [0, 0.05) is 17.8 Å². The summed E-state index contributed by atoms with van der Waals surface area (Å²) in [5.74, 6) is 1.05. The van der Waals surface area contributed by atoms with Crippen LogP contribution in [-0.2, 0) is 16.0 Å². The number of anilines is 2. The summed E-state index contributed by atoms with van der Waals surface area (Å²) in [5, 5.41) is 42.1. The van der Waals surface area contributed by atoms with Gasteiger partial charge in [0.2, 0.25) is 0 Å². The first-order valence-electron chi connectivity index (χ1n) is 17.4. The lowest BCUT2D eigenvalue weighted by atomic mass is 10.0. The quantitative estimate of drug-likeness (QED) is 0.0722. The number of ketones is 1. The van der Waals surface area contributed by atoms with Crippen LogP contribution in [0.3, 0.4) is 0 Å². The van der Waals surface area contributed by atoms with Crippen molar-refractivity contribution in [2.75, 3.05) is 23.5 Å². The molecule has 15 nitrogen and oxygen atoms in total. The molecular weight excluding hydrogens is 748 g/mol. The van der Waals surface area contributed by atoms with Crippen LogP contribution in [0.5, 0.6) is 17.2 Å². The predicted molar refractivity (Wildman–Crippen MR) is 218 cm³/mol. The summed E-state index contributed by atoms with van der Waals surface area (Å²) in [6.45, 7) is 8.08. The number of nitrogens with one attached hydrogen (secondary N) is 1. The SMILES string of the molecule is Cc1ccc(CC(=O)CCl)cc1C.Cc1ccc(NC(=O)COc2ccc(-n3cnnn3)cc2)cc1C.Nc1ccc(O)cc1.Oc1ccc(-n2cnnn2)cc1. The van der Waals surface area contributed by atoms with Gasteiger partial charge in [-0.1, -0.05) is 24.3 Å². The molecule has 5 aromatic carbocycles. The van der Waals surface area contributed by atoms with Crippen LogP contribution >= 0.6 is 11.6 Å². The van der Waals surface area contributed by atoms with Crippen LogP contribution < -0.4 is 15.8 Å². The molecule has 0 aliphatic rings. The number of hydrogen-bond donors (Lipinski definition) is 4. The molecule has 7 aromatic rings. The molecule has 0 saturated carbocycles. The number of benzene rings is 5. The number of hydrogen-bond acceptors (Lipinski definition) is 12. The second-order valence-corrected chi connectivity index (χ2v) is 12.8. The van der Waals surface area contributed by atoms with E-state index in [4.69, 9.17) is 32.3 Å². The Morgan fingerprint density at radius 3 is 1.67 bits per heavy atom. The van der Waals surface area contributed by atoms with E-state index >= 15 is 0 Å². The van der Waals surface area contributed by atoms with E-state index in [0.717, 1.165) is 28.2 Å². The Labute approximate surface area is 334 Å². The lowest BCUT2D eigenvalue weighted by molar-refractivity contribution is -0.118. The van der Waals surface area contributed by atoms with Gasteiger partial charge < -0.3 is 26.0 Å². The number of Topliss-reactive ketones (excluding diaryl/α,β-unsaturated/α-hetero) is 1. The lowest BCUT2D eigenvalue weighted by Crippen LogP contribution is -2.20. The van der Waals surface area contributed by atoms with E-state index in [1.165, 1.54) is 38.7 Å². The van der Waals surface area contributed by atoms with Crippen LogP contribution in [0, 0.1) is 27.7 Å². The van der Waals surface area contributed by atoms with Gasteiger partial charge in [-0.25, -0.2) is 9.36 Å². The molecule has 0 radical (unpaired) electrons. The molecule has 0 saturated heterocycles. The van der Waals surface area contributed by atoms with Crippen molar-refractivity contribution in [3.05, 3.63) is 150 Å². The zero-order chi connectivity index (χ0) is 41.2. The van der Waals surface area contributed by atoms with Gasteiger partial charge in [-0.05, 0) is 161 Å². The molecule has 5 N–H and O–H groups in total. The summed E-state index contributed by atoms with van der Waals surface area (Å²) >= 11 is 5.42. The minimum atomic E-state index is -0.206. The van der Waals surface area contributed by atoms with Gasteiger partial charge >= 0.3 is 0 Å². The van der Waals surface area contributed by atoms with Crippen LogP contribution in [0.25, 0.3) is 11.4 Å². The average molecular weight is 791 g/mol. The number of carbonyl (C=O) groups is 2. The molecule has 0 fully saturated rings. The highest BCUT2D eigenvalue weighted by Crippen LogP contribution is 2.17. The minimum Gasteiger partial charge on any atom is -0.508 e. The Bertz CT molecular complexity index is 2260.